The smallest absolute Gasteiger partial charge is 0.428 e. The third-order valence-corrected chi connectivity index (χ3v) is 1.80. The lowest BCUT2D eigenvalue weighted by atomic mass is 10.3. The Morgan fingerprint density at radius 2 is 2.56 bits per heavy atom. The van der Waals surface area contributed by atoms with Gasteiger partial charge >= 0.3 is 6.09 Å². The van der Waals surface area contributed by atoms with Gasteiger partial charge in [-0.1, -0.05) is 6.08 Å². The van der Waals surface area contributed by atoms with E-state index in [4.69, 9.17) is 4.74 Å². The van der Waals surface area contributed by atoms with Gasteiger partial charge in [0.1, 0.15) is 12.3 Å². The molecule has 1 heterocycles. The van der Waals surface area contributed by atoms with Crippen molar-refractivity contribution in [3.8, 4) is 0 Å². The monoisotopic (exact) mass is 222 g/mol. The molecular weight excluding hydrogens is 208 g/mol. The fraction of sp³-hybridized carbons (Fsp3) is 0.300. The zero-order valence-electron chi connectivity index (χ0n) is 9.23. The first-order valence-corrected chi connectivity index (χ1v) is 4.78. The number of imidazole rings is 1. The summed E-state index contributed by atoms with van der Waals surface area (Å²) in [5.74, 6) is 0. The van der Waals surface area contributed by atoms with Crippen LogP contribution in [0.3, 0.4) is 0 Å². The maximum atomic E-state index is 11.1. The minimum atomic E-state index is -0.590. The molecule has 0 aliphatic heterocycles. The number of aromatic nitrogens is 2. The SMILES string of the molecule is C/C=C(\C)COC(=O)N/N=C/c1c[nH]cn1. The van der Waals surface area contributed by atoms with Gasteiger partial charge in [-0.25, -0.2) is 15.2 Å². The van der Waals surface area contributed by atoms with Gasteiger partial charge in [-0.15, -0.1) is 0 Å². The van der Waals surface area contributed by atoms with E-state index in [2.05, 4.69) is 20.5 Å². The maximum absolute atomic E-state index is 11.1. The second kappa shape index (κ2) is 6.39. The maximum Gasteiger partial charge on any atom is 0.428 e. The topological polar surface area (TPSA) is 79.4 Å². The Labute approximate surface area is 93.4 Å². The number of hydrogen-bond acceptors (Lipinski definition) is 4. The first-order valence-electron chi connectivity index (χ1n) is 4.78. The summed E-state index contributed by atoms with van der Waals surface area (Å²) in [4.78, 5) is 17.7. The number of hydrogen-bond donors (Lipinski definition) is 2. The Balaban J connectivity index is 2.25. The first-order chi connectivity index (χ1) is 7.72. The van der Waals surface area contributed by atoms with Crippen LogP contribution in [0.1, 0.15) is 19.5 Å². The second-order valence-corrected chi connectivity index (χ2v) is 3.08. The Kier molecular flexibility index (Phi) is 4.78. The number of nitrogens with one attached hydrogen (secondary N) is 2. The molecule has 1 rings (SSSR count). The van der Waals surface area contributed by atoms with Crippen molar-refractivity contribution in [1.82, 2.24) is 15.4 Å². The van der Waals surface area contributed by atoms with E-state index in [1.54, 1.807) is 6.20 Å². The van der Waals surface area contributed by atoms with Crippen molar-refractivity contribution in [1.29, 1.82) is 0 Å². The number of ether oxygens (including phenoxy) is 1. The van der Waals surface area contributed by atoms with Crippen LogP contribution in [0, 0.1) is 0 Å². The van der Waals surface area contributed by atoms with E-state index >= 15 is 0 Å². The van der Waals surface area contributed by atoms with Crippen LogP contribution in [-0.2, 0) is 4.74 Å². The van der Waals surface area contributed by atoms with Crippen LogP contribution in [-0.4, -0.2) is 28.9 Å². The number of nitrogens with zero attached hydrogens (tertiary/aromatic N) is 2. The van der Waals surface area contributed by atoms with Gasteiger partial charge in [0.2, 0.25) is 0 Å². The highest BCUT2D eigenvalue weighted by Gasteiger charge is 1.99. The van der Waals surface area contributed by atoms with Gasteiger partial charge in [-0.05, 0) is 19.4 Å². The van der Waals surface area contributed by atoms with Crippen LogP contribution >= 0.6 is 0 Å². The molecule has 0 spiro atoms. The lowest BCUT2D eigenvalue weighted by Crippen LogP contribution is -2.19. The normalized spacial score (nSPS) is 11.8. The number of hydrazone groups is 1. The van der Waals surface area contributed by atoms with Gasteiger partial charge in [0.05, 0.1) is 12.5 Å². The van der Waals surface area contributed by atoms with Crippen molar-refractivity contribution in [3.05, 3.63) is 29.9 Å². The molecule has 1 amide bonds. The van der Waals surface area contributed by atoms with Crippen LogP contribution in [0.4, 0.5) is 4.79 Å². The number of amides is 1. The molecule has 0 saturated heterocycles. The van der Waals surface area contributed by atoms with E-state index in [0.717, 1.165) is 5.57 Å². The molecule has 0 saturated carbocycles. The molecule has 1 aromatic heterocycles. The van der Waals surface area contributed by atoms with Crippen LogP contribution in [0.15, 0.2) is 29.3 Å². The molecule has 0 atom stereocenters. The van der Waals surface area contributed by atoms with E-state index in [1.165, 1.54) is 12.5 Å². The first kappa shape index (κ1) is 12.0. The average Bonchev–Trinajstić information content (AvgIpc) is 2.79. The molecule has 0 aliphatic carbocycles. The summed E-state index contributed by atoms with van der Waals surface area (Å²) in [6, 6.07) is 0. The highest BCUT2D eigenvalue weighted by atomic mass is 16.6. The fourth-order valence-corrected chi connectivity index (χ4v) is 0.788. The molecule has 0 radical (unpaired) electrons. The average molecular weight is 222 g/mol. The second-order valence-electron chi connectivity index (χ2n) is 3.08. The lowest BCUT2D eigenvalue weighted by Gasteiger charge is -2.02. The standard InChI is InChI=1S/C10H14N4O2/c1-3-8(2)6-16-10(15)14-13-5-9-4-11-7-12-9/h3-5,7H,6H2,1-2H3,(H,11,12)(H,14,15)/b8-3+,13-5+. The number of allylic oxidation sites excluding steroid dienone is 1. The van der Waals surface area contributed by atoms with Gasteiger partial charge in [0, 0.05) is 6.20 Å². The van der Waals surface area contributed by atoms with Gasteiger partial charge in [-0.3, -0.25) is 0 Å². The molecule has 0 fully saturated rings. The third-order valence-electron chi connectivity index (χ3n) is 1.80. The largest absolute Gasteiger partial charge is 0.444 e. The third kappa shape index (κ3) is 4.41. The van der Waals surface area contributed by atoms with Crippen molar-refractivity contribution in [3.63, 3.8) is 0 Å². The molecule has 0 bridgehead atoms. The molecule has 86 valence electrons. The van der Waals surface area contributed by atoms with E-state index < -0.39 is 6.09 Å². The van der Waals surface area contributed by atoms with Crippen LogP contribution in [0.2, 0.25) is 0 Å². The lowest BCUT2D eigenvalue weighted by molar-refractivity contribution is 0.156. The van der Waals surface area contributed by atoms with Crippen molar-refractivity contribution in [2.75, 3.05) is 6.61 Å². The Hall–Kier alpha value is -2.11. The zero-order chi connectivity index (χ0) is 11.8. The summed E-state index contributed by atoms with van der Waals surface area (Å²) in [5.41, 5.74) is 3.84. The summed E-state index contributed by atoms with van der Waals surface area (Å²) >= 11 is 0. The summed E-state index contributed by atoms with van der Waals surface area (Å²) < 4.78 is 4.85. The molecule has 1 aromatic rings. The van der Waals surface area contributed by atoms with Crippen molar-refractivity contribution < 1.29 is 9.53 Å². The number of rotatable bonds is 4. The molecule has 0 unspecified atom stereocenters. The number of H-pyrrole nitrogens is 1. The summed E-state index contributed by atoms with van der Waals surface area (Å²) in [6.45, 7) is 4.02. The number of aromatic amines is 1. The number of carbonyl (C=O) groups is 1. The van der Waals surface area contributed by atoms with Gasteiger partial charge in [-0.2, -0.15) is 5.10 Å². The summed E-state index contributed by atoms with van der Waals surface area (Å²) in [7, 11) is 0. The van der Waals surface area contributed by atoms with Crippen molar-refractivity contribution >= 4 is 12.3 Å². The fourth-order valence-electron chi connectivity index (χ4n) is 0.788. The molecule has 0 aromatic carbocycles. The number of carbonyl (C=O) groups excluding carboxylic acids is 1. The molecule has 2 N–H and O–H groups in total. The highest BCUT2D eigenvalue weighted by molar-refractivity contribution is 5.78. The van der Waals surface area contributed by atoms with Crippen molar-refractivity contribution in [2.45, 2.75) is 13.8 Å². The van der Waals surface area contributed by atoms with Gasteiger partial charge in [0.25, 0.3) is 0 Å². The molecule has 6 heteroatoms. The Bertz CT molecular complexity index is 382. The van der Waals surface area contributed by atoms with Crippen molar-refractivity contribution in [2.24, 2.45) is 5.10 Å². The van der Waals surface area contributed by atoms with Gasteiger partial charge < -0.3 is 9.72 Å². The Morgan fingerprint density at radius 1 is 1.75 bits per heavy atom. The Morgan fingerprint density at radius 3 is 3.19 bits per heavy atom. The zero-order valence-corrected chi connectivity index (χ0v) is 9.23. The predicted molar refractivity (Wildman–Crippen MR) is 60.1 cm³/mol. The molecule has 0 aliphatic rings. The predicted octanol–water partition coefficient (Wildman–Crippen LogP) is 1.44. The van der Waals surface area contributed by atoms with E-state index in [0.29, 0.717) is 5.69 Å². The van der Waals surface area contributed by atoms with E-state index in [-0.39, 0.29) is 6.61 Å². The quantitative estimate of drug-likeness (QED) is 0.459. The summed E-state index contributed by atoms with van der Waals surface area (Å²) in [5, 5.41) is 3.67. The summed E-state index contributed by atoms with van der Waals surface area (Å²) in [6.07, 6.45) is 5.88. The van der Waals surface area contributed by atoms with Gasteiger partial charge in [0.15, 0.2) is 0 Å². The van der Waals surface area contributed by atoms with E-state index in [1.807, 2.05) is 19.9 Å². The van der Waals surface area contributed by atoms with Crippen LogP contribution in [0.5, 0.6) is 0 Å². The molecule has 6 nitrogen and oxygen atoms in total. The molecular formula is C10H14N4O2. The highest BCUT2D eigenvalue weighted by Crippen LogP contribution is 1.92. The minimum absolute atomic E-state index is 0.264. The minimum Gasteiger partial charge on any atom is -0.444 e. The van der Waals surface area contributed by atoms with E-state index in [9.17, 15) is 4.79 Å². The van der Waals surface area contributed by atoms with Crippen LogP contribution < -0.4 is 5.43 Å². The molecule has 16 heavy (non-hydrogen) atoms. The van der Waals surface area contributed by atoms with Crippen LogP contribution in [0.25, 0.3) is 0 Å².